The van der Waals surface area contributed by atoms with Gasteiger partial charge in [-0.1, -0.05) is 13.8 Å². The first kappa shape index (κ1) is 11.7. The quantitative estimate of drug-likeness (QED) is 0.675. The summed E-state index contributed by atoms with van der Waals surface area (Å²) in [6, 6.07) is 0. The van der Waals surface area contributed by atoms with Gasteiger partial charge >= 0.3 is 0 Å². The summed E-state index contributed by atoms with van der Waals surface area (Å²) in [6.45, 7) is 4.11. The number of nitrogens with one attached hydrogen (secondary N) is 1. The van der Waals surface area contributed by atoms with Gasteiger partial charge in [0.1, 0.15) is 11.6 Å². The minimum absolute atomic E-state index is 0.0660. The second-order valence-corrected chi connectivity index (χ2v) is 3.60. The lowest BCUT2D eigenvalue weighted by Gasteiger charge is -2.31. The van der Waals surface area contributed by atoms with Crippen LogP contribution >= 0.6 is 0 Å². The molecule has 0 radical (unpaired) electrons. The van der Waals surface area contributed by atoms with E-state index in [9.17, 15) is 5.11 Å². The van der Waals surface area contributed by atoms with Gasteiger partial charge < -0.3 is 16.2 Å². The van der Waals surface area contributed by atoms with E-state index in [1.165, 1.54) is 6.20 Å². The van der Waals surface area contributed by atoms with Gasteiger partial charge in [0.15, 0.2) is 0 Å². The minimum atomic E-state index is -0.331. The van der Waals surface area contributed by atoms with E-state index >= 15 is 0 Å². The summed E-state index contributed by atoms with van der Waals surface area (Å²) >= 11 is 0. The van der Waals surface area contributed by atoms with Crippen LogP contribution in [0.15, 0.2) is 12.4 Å². The first-order valence-corrected chi connectivity index (χ1v) is 5.12. The third kappa shape index (κ3) is 2.79. The molecule has 0 spiro atoms. The molecule has 15 heavy (non-hydrogen) atoms. The summed E-state index contributed by atoms with van der Waals surface area (Å²) in [5.74, 6) is 0.979. The number of rotatable bonds is 5. The normalized spacial score (nSPS) is 11.4. The summed E-state index contributed by atoms with van der Waals surface area (Å²) in [4.78, 5) is 8.03. The van der Waals surface area contributed by atoms with Gasteiger partial charge in [-0.3, -0.25) is 4.98 Å². The van der Waals surface area contributed by atoms with Gasteiger partial charge in [-0.05, 0) is 12.8 Å². The molecular weight excluding hydrogens is 192 g/mol. The number of hydrogen-bond donors (Lipinski definition) is 3. The molecule has 0 unspecified atom stereocenters. The van der Waals surface area contributed by atoms with Crippen molar-refractivity contribution in [1.82, 2.24) is 9.97 Å². The summed E-state index contributed by atoms with van der Waals surface area (Å²) in [6.07, 6.45) is 4.72. The highest BCUT2D eigenvalue weighted by Crippen LogP contribution is 2.20. The van der Waals surface area contributed by atoms with Crippen LogP contribution in [0.4, 0.5) is 11.6 Å². The molecule has 0 atom stereocenters. The number of anilines is 2. The highest BCUT2D eigenvalue weighted by molar-refractivity contribution is 5.40. The molecule has 1 rings (SSSR count). The Bertz CT molecular complexity index is 304. The third-order valence-electron chi connectivity index (χ3n) is 2.70. The van der Waals surface area contributed by atoms with Crippen LogP contribution in [0.3, 0.4) is 0 Å². The molecule has 0 aromatic carbocycles. The summed E-state index contributed by atoms with van der Waals surface area (Å²) in [5, 5.41) is 12.5. The second kappa shape index (κ2) is 4.93. The van der Waals surface area contributed by atoms with Crippen LogP contribution in [0.5, 0.6) is 0 Å². The summed E-state index contributed by atoms with van der Waals surface area (Å²) in [5.41, 5.74) is 5.19. The van der Waals surface area contributed by atoms with Crippen molar-refractivity contribution >= 4 is 11.6 Å². The van der Waals surface area contributed by atoms with Gasteiger partial charge in [0.05, 0.1) is 24.5 Å². The maximum Gasteiger partial charge on any atom is 0.147 e. The predicted molar refractivity (Wildman–Crippen MR) is 60.5 cm³/mol. The summed E-state index contributed by atoms with van der Waals surface area (Å²) in [7, 11) is 0. The van der Waals surface area contributed by atoms with Crippen molar-refractivity contribution in [2.75, 3.05) is 17.7 Å². The molecule has 0 aliphatic heterocycles. The number of hydrogen-bond acceptors (Lipinski definition) is 5. The lowest BCUT2D eigenvalue weighted by Crippen LogP contribution is -2.41. The van der Waals surface area contributed by atoms with E-state index in [0.29, 0.717) is 11.6 Å². The van der Waals surface area contributed by atoms with E-state index in [1.54, 1.807) is 6.20 Å². The third-order valence-corrected chi connectivity index (χ3v) is 2.70. The molecule has 0 fully saturated rings. The SMILES string of the molecule is CCC(CC)(CO)Nc1cncc(N)n1. The molecule has 1 heterocycles. The van der Waals surface area contributed by atoms with E-state index in [4.69, 9.17) is 5.73 Å². The molecule has 84 valence electrons. The molecule has 0 saturated heterocycles. The zero-order valence-corrected chi connectivity index (χ0v) is 9.20. The molecule has 1 aromatic rings. The molecule has 4 N–H and O–H groups in total. The molecule has 5 nitrogen and oxygen atoms in total. The Hall–Kier alpha value is -1.36. The molecule has 0 aliphatic carbocycles. The Labute approximate surface area is 89.7 Å². The van der Waals surface area contributed by atoms with Crippen molar-refractivity contribution in [2.45, 2.75) is 32.2 Å². The van der Waals surface area contributed by atoms with Crippen molar-refractivity contribution in [3.05, 3.63) is 12.4 Å². The van der Waals surface area contributed by atoms with Gasteiger partial charge in [0.2, 0.25) is 0 Å². The first-order chi connectivity index (χ1) is 7.15. The van der Waals surface area contributed by atoms with Crippen molar-refractivity contribution in [3.63, 3.8) is 0 Å². The fraction of sp³-hybridized carbons (Fsp3) is 0.600. The molecular formula is C10H18N4O. The number of nitrogen functional groups attached to an aromatic ring is 1. The second-order valence-electron chi connectivity index (χ2n) is 3.60. The Kier molecular flexibility index (Phi) is 3.85. The van der Waals surface area contributed by atoms with E-state index in [2.05, 4.69) is 15.3 Å². The van der Waals surface area contributed by atoms with Gasteiger partial charge in [-0.2, -0.15) is 0 Å². The van der Waals surface area contributed by atoms with E-state index in [1.807, 2.05) is 13.8 Å². The molecule has 0 aliphatic rings. The lowest BCUT2D eigenvalue weighted by atomic mass is 9.94. The zero-order valence-electron chi connectivity index (χ0n) is 9.20. The fourth-order valence-corrected chi connectivity index (χ4v) is 1.40. The topological polar surface area (TPSA) is 84.1 Å². The predicted octanol–water partition coefficient (Wildman–Crippen LogP) is 1.02. The highest BCUT2D eigenvalue weighted by Gasteiger charge is 2.25. The van der Waals surface area contributed by atoms with E-state index in [0.717, 1.165) is 12.8 Å². The van der Waals surface area contributed by atoms with E-state index in [-0.39, 0.29) is 12.1 Å². The number of nitrogens with two attached hydrogens (primary N) is 1. The van der Waals surface area contributed by atoms with Gasteiger partial charge in [-0.25, -0.2) is 4.98 Å². The smallest absolute Gasteiger partial charge is 0.147 e. The van der Waals surface area contributed by atoms with Crippen LogP contribution < -0.4 is 11.1 Å². The number of aromatic nitrogens is 2. The van der Waals surface area contributed by atoms with Crippen LogP contribution in [0, 0.1) is 0 Å². The van der Waals surface area contributed by atoms with Gasteiger partial charge in [-0.15, -0.1) is 0 Å². The standard InChI is InChI=1S/C10H18N4O/c1-3-10(4-2,7-15)14-9-6-12-5-8(11)13-9/h5-6,15H,3-4,7H2,1-2H3,(H3,11,13,14). The summed E-state index contributed by atoms with van der Waals surface area (Å²) < 4.78 is 0. The van der Waals surface area contributed by atoms with E-state index < -0.39 is 0 Å². The highest BCUT2D eigenvalue weighted by atomic mass is 16.3. The average molecular weight is 210 g/mol. The van der Waals surface area contributed by atoms with Crippen LogP contribution in [0.25, 0.3) is 0 Å². The lowest BCUT2D eigenvalue weighted by molar-refractivity contribution is 0.202. The minimum Gasteiger partial charge on any atom is -0.394 e. The van der Waals surface area contributed by atoms with Crippen LogP contribution in [-0.2, 0) is 0 Å². The molecule has 0 amide bonds. The van der Waals surface area contributed by atoms with Gasteiger partial charge in [0, 0.05) is 0 Å². The van der Waals surface area contributed by atoms with Crippen molar-refractivity contribution < 1.29 is 5.11 Å². The Morgan fingerprint density at radius 3 is 2.53 bits per heavy atom. The number of aliphatic hydroxyl groups is 1. The monoisotopic (exact) mass is 210 g/mol. The van der Waals surface area contributed by atoms with Crippen LogP contribution in [-0.4, -0.2) is 27.2 Å². The van der Waals surface area contributed by atoms with Crippen LogP contribution in [0.1, 0.15) is 26.7 Å². The zero-order chi connectivity index (χ0) is 11.3. The van der Waals surface area contributed by atoms with Crippen molar-refractivity contribution in [3.8, 4) is 0 Å². The Morgan fingerprint density at radius 1 is 1.40 bits per heavy atom. The maximum atomic E-state index is 9.37. The molecule has 5 heteroatoms. The van der Waals surface area contributed by atoms with Crippen LogP contribution in [0.2, 0.25) is 0 Å². The van der Waals surface area contributed by atoms with Crippen molar-refractivity contribution in [2.24, 2.45) is 0 Å². The average Bonchev–Trinajstić information content (AvgIpc) is 2.26. The number of nitrogens with zero attached hydrogens (tertiary/aromatic N) is 2. The Morgan fingerprint density at radius 2 is 2.07 bits per heavy atom. The molecule has 1 aromatic heterocycles. The number of aliphatic hydroxyl groups excluding tert-OH is 1. The van der Waals surface area contributed by atoms with Crippen molar-refractivity contribution in [1.29, 1.82) is 0 Å². The largest absolute Gasteiger partial charge is 0.394 e. The fourth-order valence-electron chi connectivity index (χ4n) is 1.40. The Balaban J connectivity index is 2.82. The molecule has 0 bridgehead atoms. The van der Waals surface area contributed by atoms with Gasteiger partial charge in [0.25, 0.3) is 0 Å². The maximum absolute atomic E-state index is 9.37. The first-order valence-electron chi connectivity index (χ1n) is 5.12. The molecule has 0 saturated carbocycles.